The number of halogens is 1. The average Bonchev–Trinajstić information content (AvgIpc) is 2.48. The summed E-state index contributed by atoms with van der Waals surface area (Å²) in [6, 6.07) is 5.90. The Kier molecular flexibility index (Phi) is 8.27. The zero-order valence-electron chi connectivity index (χ0n) is 14.4. The molecule has 9 heteroatoms. The topological polar surface area (TPSA) is 110 Å². The second-order valence-corrected chi connectivity index (χ2v) is 7.90. The SMILES string of the molecule is CC(=O)O.C[C@@H]1C[C@@H](N)CCN1S(=O)(=O)CCOc1ccccc1F. The molecule has 7 nitrogen and oxygen atoms in total. The van der Waals surface area contributed by atoms with E-state index in [4.69, 9.17) is 20.4 Å². The predicted octanol–water partition coefficient (Wildman–Crippen LogP) is 1.44. The minimum Gasteiger partial charge on any atom is -0.489 e. The van der Waals surface area contributed by atoms with Gasteiger partial charge in [-0.3, -0.25) is 4.79 Å². The molecule has 1 heterocycles. The highest BCUT2D eigenvalue weighted by atomic mass is 32.2. The van der Waals surface area contributed by atoms with E-state index in [0.717, 1.165) is 6.92 Å². The average molecular weight is 376 g/mol. The summed E-state index contributed by atoms with van der Waals surface area (Å²) in [6.45, 7) is 3.30. The number of ether oxygens (including phenoxy) is 1. The van der Waals surface area contributed by atoms with Crippen molar-refractivity contribution in [2.45, 2.75) is 38.8 Å². The van der Waals surface area contributed by atoms with Crippen LogP contribution in [0.25, 0.3) is 0 Å². The van der Waals surface area contributed by atoms with Gasteiger partial charge in [0, 0.05) is 25.6 Å². The molecule has 0 aromatic heterocycles. The van der Waals surface area contributed by atoms with Crippen LogP contribution in [0.1, 0.15) is 26.7 Å². The van der Waals surface area contributed by atoms with Crippen LogP contribution in [-0.2, 0) is 14.8 Å². The van der Waals surface area contributed by atoms with E-state index in [1.165, 1.54) is 16.4 Å². The molecule has 0 bridgehead atoms. The van der Waals surface area contributed by atoms with Crippen LogP contribution in [0, 0.1) is 5.82 Å². The Balaban J connectivity index is 0.000000705. The van der Waals surface area contributed by atoms with Gasteiger partial charge in [-0.15, -0.1) is 0 Å². The van der Waals surface area contributed by atoms with Crippen LogP contribution < -0.4 is 10.5 Å². The minimum atomic E-state index is -3.41. The zero-order valence-corrected chi connectivity index (χ0v) is 15.2. The number of carbonyl (C=O) groups is 1. The number of carboxylic acids is 1. The number of sulfonamides is 1. The molecule has 25 heavy (non-hydrogen) atoms. The minimum absolute atomic E-state index is 0.0566. The molecule has 2 atom stereocenters. The molecule has 0 spiro atoms. The summed E-state index contributed by atoms with van der Waals surface area (Å²) in [5.41, 5.74) is 5.84. The van der Waals surface area contributed by atoms with E-state index in [-0.39, 0.29) is 30.2 Å². The quantitative estimate of drug-likeness (QED) is 0.805. The molecule has 1 aromatic rings. The fraction of sp³-hybridized carbons (Fsp3) is 0.562. The second-order valence-electron chi connectivity index (χ2n) is 5.86. The second kappa shape index (κ2) is 9.69. The number of rotatable bonds is 5. The van der Waals surface area contributed by atoms with Gasteiger partial charge in [-0.1, -0.05) is 12.1 Å². The molecule has 1 saturated heterocycles. The van der Waals surface area contributed by atoms with E-state index in [9.17, 15) is 12.8 Å². The predicted molar refractivity (Wildman–Crippen MR) is 92.4 cm³/mol. The summed E-state index contributed by atoms with van der Waals surface area (Å²) in [4.78, 5) is 9.00. The van der Waals surface area contributed by atoms with Crippen molar-refractivity contribution < 1.29 is 27.4 Å². The van der Waals surface area contributed by atoms with Gasteiger partial charge in [-0.25, -0.2) is 12.8 Å². The molecular weight excluding hydrogens is 351 g/mol. The van der Waals surface area contributed by atoms with Gasteiger partial charge in [0.15, 0.2) is 11.6 Å². The molecule has 142 valence electrons. The van der Waals surface area contributed by atoms with Crippen LogP contribution in [0.3, 0.4) is 0 Å². The Labute approximate surface area is 147 Å². The number of piperidine rings is 1. The number of aliphatic carboxylic acids is 1. The number of hydrogen-bond acceptors (Lipinski definition) is 5. The molecule has 1 aliphatic rings. The Bertz CT molecular complexity index is 664. The first-order chi connectivity index (χ1) is 11.6. The highest BCUT2D eigenvalue weighted by Gasteiger charge is 2.32. The summed E-state index contributed by atoms with van der Waals surface area (Å²) < 4.78 is 44.6. The number of nitrogens with zero attached hydrogens (tertiary/aromatic N) is 1. The third-order valence-corrected chi connectivity index (χ3v) is 5.59. The number of carboxylic acid groups (broad SMARTS) is 1. The first kappa shape index (κ1) is 21.3. The summed E-state index contributed by atoms with van der Waals surface area (Å²) in [6.07, 6.45) is 1.32. The van der Waals surface area contributed by atoms with E-state index >= 15 is 0 Å². The first-order valence-electron chi connectivity index (χ1n) is 7.95. The molecule has 0 amide bonds. The fourth-order valence-corrected chi connectivity index (χ4v) is 4.08. The van der Waals surface area contributed by atoms with Crippen molar-refractivity contribution in [3.05, 3.63) is 30.1 Å². The lowest BCUT2D eigenvalue weighted by Crippen LogP contribution is -2.49. The maximum Gasteiger partial charge on any atom is 0.300 e. The third kappa shape index (κ3) is 7.37. The lowest BCUT2D eigenvalue weighted by atomic mass is 10.0. The van der Waals surface area contributed by atoms with Gasteiger partial charge < -0.3 is 15.6 Å². The lowest BCUT2D eigenvalue weighted by Gasteiger charge is -2.35. The van der Waals surface area contributed by atoms with Gasteiger partial charge in [0.05, 0.1) is 5.75 Å². The molecule has 0 aliphatic carbocycles. The Morgan fingerprint density at radius 3 is 2.60 bits per heavy atom. The molecule has 0 unspecified atom stereocenters. The number of nitrogens with two attached hydrogens (primary N) is 1. The van der Waals surface area contributed by atoms with E-state index in [2.05, 4.69) is 0 Å². The highest BCUT2D eigenvalue weighted by Crippen LogP contribution is 2.20. The van der Waals surface area contributed by atoms with Gasteiger partial charge in [0.25, 0.3) is 5.97 Å². The summed E-state index contributed by atoms with van der Waals surface area (Å²) in [7, 11) is -3.41. The fourth-order valence-electron chi connectivity index (χ4n) is 2.54. The van der Waals surface area contributed by atoms with Crippen LogP contribution in [-0.4, -0.2) is 54.8 Å². The summed E-state index contributed by atoms with van der Waals surface area (Å²) in [5, 5.41) is 7.42. The zero-order chi connectivity index (χ0) is 19.0. The van der Waals surface area contributed by atoms with Crippen LogP contribution in [0.5, 0.6) is 5.75 Å². The van der Waals surface area contributed by atoms with Gasteiger partial charge in [0.2, 0.25) is 10.0 Å². The van der Waals surface area contributed by atoms with Gasteiger partial charge in [-0.05, 0) is 31.9 Å². The third-order valence-electron chi connectivity index (χ3n) is 3.65. The molecule has 2 rings (SSSR count). The monoisotopic (exact) mass is 376 g/mol. The smallest absolute Gasteiger partial charge is 0.300 e. The van der Waals surface area contributed by atoms with Crippen LogP contribution >= 0.6 is 0 Å². The van der Waals surface area contributed by atoms with Crippen molar-refractivity contribution in [1.29, 1.82) is 0 Å². The van der Waals surface area contributed by atoms with Crippen molar-refractivity contribution in [3.8, 4) is 5.75 Å². The van der Waals surface area contributed by atoms with E-state index in [0.29, 0.717) is 19.4 Å². The Hall–Kier alpha value is -1.71. The lowest BCUT2D eigenvalue weighted by molar-refractivity contribution is -0.134. The van der Waals surface area contributed by atoms with Crippen molar-refractivity contribution in [1.82, 2.24) is 4.31 Å². The molecule has 3 N–H and O–H groups in total. The van der Waals surface area contributed by atoms with Gasteiger partial charge in [0.1, 0.15) is 6.61 Å². The number of hydrogen-bond donors (Lipinski definition) is 2. The van der Waals surface area contributed by atoms with Crippen molar-refractivity contribution in [2.75, 3.05) is 18.9 Å². The van der Waals surface area contributed by atoms with Crippen LogP contribution in [0.4, 0.5) is 4.39 Å². The number of para-hydroxylation sites is 1. The summed E-state index contributed by atoms with van der Waals surface area (Å²) in [5.74, 6) is -1.42. The molecule has 0 radical (unpaired) electrons. The molecule has 1 aromatic carbocycles. The molecule has 1 aliphatic heterocycles. The van der Waals surface area contributed by atoms with Crippen LogP contribution in [0.2, 0.25) is 0 Å². The maximum absolute atomic E-state index is 13.4. The van der Waals surface area contributed by atoms with Crippen molar-refractivity contribution >= 4 is 16.0 Å². The normalized spacial score (nSPS) is 21.1. The van der Waals surface area contributed by atoms with Crippen molar-refractivity contribution in [3.63, 3.8) is 0 Å². The molecule has 0 saturated carbocycles. The van der Waals surface area contributed by atoms with E-state index < -0.39 is 21.8 Å². The van der Waals surface area contributed by atoms with E-state index in [1.807, 2.05) is 6.92 Å². The molecule has 1 fully saturated rings. The summed E-state index contributed by atoms with van der Waals surface area (Å²) >= 11 is 0. The van der Waals surface area contributed by atoms with Gasteiger partial charge >= 0.3 is 0 Å². The van der Waals surface area contributed by atoms with Gasteiger partial charge in [-0.2, -0.15) is 4.31 Å². The largest absolute Gasteiger partial charge is 0.489 e. The van der Waals surface area contributed by atoms with E-state index in [1.54, 1.807) is 12.1 Å². The first-order valence-corrected chi connectivity index (χ1v) is 9.56. The molecular formula is C16H25FN2O5S. The Morgan fingerprint density at radius 2 is 2.04 bits per heavy atom. The number of benzene rings is 1. The Morgan fingerprint density at radius 1 is 1.44 bits per heavy atom. The van der Waals surface area contributed by atoms with Crippen molar-refractivity contribution in [2.24, 2.45) is 5.73 Å². The van der Waals surface area contributed by atoms with Crippen LogP contribution in [0.15, 0.2) is 24.3 Å². The standard InChI is InChI=1S/C14H21FN2O3S.C2H4O2/c1-11-10-12(16)6-7-17(11)21(18,19)9-8-20-14-5-3-2-4-13(14)15;1-2(3)4/h2-5,11-12H,6-10,16H2,1H3;1H3,(H,3,4)/t11-,12+;/m1./s1. The highest BCUT2D eigenvalue weighted by molar-refractivity contribution is 7.89. The maximum atomic E-state index is 13.4.